The first-order valence-corrected chi connectivity index (χ1v) is 13.5. The van der Waals surface area contributed by atoms with Crippen molar-refractivity contribution in [1.29, 1.82) is 0 Å². The van der Waals surface area contributed by atoms with Crippen LogP contribution < -0.4 is 29.6 Å². The number of rotatable bonds is 21. The predicted octanol–water partition coefficient (Wildman–Crippen LogP) is 3.72. The molecule has 0 aliphatic heterocycles. The van der Waals surface area contributed by atoms with E-state index in [4.69, 9.17) is 0 Å². The van der Waals surface area contributed by atoms with E-state index in [1.165, 1.54) is 57.8 Å². The fourth-order valence-electron chi connectivity index (χ4n) is 3.88. The molecule has 0 saturated heterocycles. The van der Waals surface area contributed by atoms with Gasteiger partial charge in [-0.1, -0.05) is 110 Å². The molecule has 0 bridgehead atoms. The second-order valence-corrected chi connectivity index (χ2v) is 10.2. The van der Waals surface area contributed by atoms with Gasteiger partial charge in [-0.05, 0) is 25.7 Å². The molecule has 0 aromatic heterocycles. The quantitative estimate of drug-likeness (QED) is 0.167. The van der Waals surface area contributed by atoms with Crippen LogP contribution in [-0.2, 0) is 10.1 Å². The Kier molecular flexibility index (Phi) is 24.4. The Bertz CT molecular complexity index is 429. The molecule has 0 heterocycles. The molecule has 6 heteroatoms. The first-order valence-electron chi connectivity index (χ1n) is 12.0. The van der Waals surface area contributed by atoms with Gasteiger partial charge in [0, 0.05) is 5.25 Å². The first-order chi connectivity index (χ1) is 13.4. The van der Waals surface area contributed by atoms with E-state index >= 15 is 0 Å². The molecule has 0 aliphatic carbocycles. The Morgan fingerprint density at radius 2 is 1.00 bits per heavy atom. The van der Waals surface area contributed by atoms with Crippen LogP contribution in [0, 0.1) is 0 Å². The molecule has 0 radical (unpaired) electrons. The Labute approximate surface area is 204 Å². The third kappa shape index (κ3) is 21.9. The van der Waals surface area contributed by atoms with E-state index in [-0.39, 0.29) is 35.7 Å². The number of unbranched alkanes of at least 4 members (excludes halogenated alkanes) is 12. The molecule has 0 saturated carbocycles. The summed E-state index contributed by atoms with van der Waals surface area (Å²) in [4.78, 5) is 0. The zero-order chi connectivity index (χ0) is 21.1. The van der Waals surface area contributed by atoms with Crippen molar-refractivity contribution in [2.75, 3.05) is 0 Å². The van der Waals surface area contributed by atoms with E-state index in [1.54, 1.807) is 0 Å². The molecule has 0 aromatic rings. The molecule has 0 amide bonds. The molecular weight excluding hydrogens is 395 g/mol. The van der Waals surface area contributed by atoms with Crippen LogP contribution in [0.3, 0.4) is 0 Å². The van der Waals surface area contributed by atoms with Crippen LogP contribution in [-0.4, -0.2) is 29.4 Å². The largest absolute Gasteiger partial charge is 1.00 e. The first kappa shape index (κ1) is 32.1. The van der Waals surface area contributed by atoms with Gasteiger partial charge in [0.1, 0.15) is 0 Å². The molecule has 29 heavy (non-hydrogen) atoms. The molecule has 2 atom stereocenters. The molecular formula is C23H47NaO4S. The van der Waals surface area contributed by atoms with Gasteiger partial charge in [0.05, 0.1) is 16.2 Å². The van der Waals surface area contributed by atoms with Crippen molar-refractivity contribution >= 4 is 10.1 Å². The zero-order valence-corrected chi connectivity index (χ0v) is 22.5. The number of hydrogen-bond donors (Lipinski definition) is 1. The minimum atomic E-state index is -4.20. The average Bonchev–Trinajstić information content (AvgIpc) is 2.63. The van der Waals surface area contributed by atoms with E-state index in [0.717, 1.165) is 38.5 Å². The second-order valence-electron chi connectivity index (χ2n) is 8.52. The topological polar surface area (TPSA) is 77.4 Å². The Morgan fingerprint density at radius 1 is 0.621 bits per heavy atom. The van der Waals surface area contributed by atoms with Gasteiger partial charge in [-0.25, -0.2) is 8.42 Å². The SMILES string of the molecule is CCCCCCCCCCCCCCC(CCCCC(O)CCC)S(=O)(=O)[O-].[Na+]. The molecule has 2 unspecified atom stereocenters. The summed E-state index contributed by atoms with van der Waals surface area (Å²) in [5.74, 6) is 0. The van der Waals surface area contributed by atoms with Crippen LogP contribution in [0.1, 0.15) is 136 Å². The summed E-state index contributed by atoms with van der Waals surface area (Å²) in [6.45, 7) is 4.28. The van der Waals surface area contributed by atoms with Crippen molar-refractivity contribution < 1.29 is 47.6 Å². The van der Waals surface area contributed by atoms with Gasteiger partial charge in [0.2, 0.25) is 0 Å². The van der Waals surface area contributed by atoms with Crippen LogP contribution in [0.25, 0.3) is 0 Å². The van der Waals surface area contributed by atoms with Crippen molar-refractivity contribution in [3.8, 4) is 0 Å². The number of hydrogen-bond acceptors (Lipinski definition) is 4. The van der Waals surface area contributed by atoms with E-state index in [2.05, 4.69) is 6.92 Å². The zero-order valence-electron chi connectivity index (χ0n) is 19.7. The van der Waals surface area contributed by atoms with Gasteiger partial charge in [-0.3, -0.25) is 0 Å². The average molecular weight is 443 g/mol. The van der Waals surface area contributed by atoms with Crippen LogP contribution in [0.4, 0.5) is 0 Å². The second kappa shape index (κ2) is 22.1. The van der Waals surface area contributed by atoms with Crippen molar-refractivity contribution in [2.45, 2.75) is 147 Å². The maximum Gasteiger partial charge on any atom is 1.00 e. The summed E-state index contributed by atoms with van der Waals surface area (Å²) in [5.41, 5.74) is 0. The van der Waals surface area contributed by atoms with Gasteiger partial charge in [-0.2, -0.15) is 0 Å². The van der Waals surface area contributed by atoms with Gasteiger partial charge in [0.15, 0.2) is 0 Å². The van der Waals surface area contributed by atoms with Gasteiger partial charge < -0.3 is 9.66 Å². The summed E-state index contributed by atoms with van der Waals surface area (Å²) < 4.78 is 34.5. The minimum absolute atomic E-state index is 0. The fraction of sp³-hybridized carbons (Fsp3) is 1.00. The van der Waals surface area contributed by atoms with Crippen molar-refractivity contribution in [1.82, 2.24) is 0 Å². The minimum Gasteiger partial charge on any atom is -0.748 e. The van der Waals surface area contributed by atoms with Crippen molar-refractivity contribution in [3.63, 3.8) is 0 Å². The third-order valence-corrected chi connectivity index (χ3v) is 7.01. The maximum absolute atomic E-state index is 11.5. The fourth-order valence-corrected chi connectivity index (χ4v) is 4.79. The summed E-state index contributed by atoms with van der Waals surface area (Å²) in [6.07, 6.45) is 19.6. The molecule has 170 valence electrons. The van der Waals surface area contributed by atoms with Crippen LogP contribution in [0.2, 0.25) is 0 Å². The normalized spacial score (nSPS) is 13.8. The smallest absolute Gasteiger partial charge is 0.748 e. The monoisotopic (exact) mass is 442 g/mol. The van der Waals surface area contributed by atoms with Gasteiger partial charge in [-0.15, -0.1) is 0 Å². The Balaban J connectivity index is 0. The molecule has 0 rings (SSSR count). The number of aliphatic hydroxyl groups excluding tert-OH is 1. The Hall–Kier alpha value is 0.870. The van der Waals surface area contributed by atoms with Gasteiger partial charge in [0.25, 0.3) is 0 Å². The Morgan fingerprint density at radius 3 is 1.41 bits per heavy atom. The third-order valence-electron chi connectivity index (χ3n) is 5.72. The van der Waals surface area contributed by atoms with Crippen LogP contribution in [0.5, 0.6) is 0 Å². The molecule has 4 nitrogen and oxygen atoms in total. The number of aliphatic hydroxyl groups is 1. The van der Waals surface area contributed by atoms with Crippen LogP contribution >= 0.6 is 0 Å². The van der Waals surface area contributed by atoms with Crippen LogP contribution in [0.15, 0.2) is 0 Å². The predicted molar refractivity (Wildman–Crippen MR) is 119 cm³/mol. The summed E-state index contributed by atoms with van der Waals surface area (Å²) in [7, 11) is -4.20. The standard InChI is InChI=1S/C23H48O4S.Na/c1-3-5-6-7-8-9-10-11-12-13-14-15-20-23(28(25,26)27)21-17-16-19-22(24)18-4-2;/h22-24H,3-21H2,1-2H3,(H,25,26,27);/q;+1/p-1. The molecule has 0 aromatic carbocycles. The molecule has 0 spiro atoms. The van der Waals surface area contributed by atoms with Crippen molar-refractivity contribution in [3.05, 3.63) is 0 Å². The molecule has 1 N–H and O–H groups in total. The molecule has 0 fully saturated rings. The van der Waals surface area contributed by atoms with E-state index in [1.807, 2.05) is 6.92 Å². The summed E-state index contributed by atoms with van der Waals surface area (Å²) in [5, 5.41) is 8.98. The van der Waals surface area contributed by atoms with Crippen molar-refractivity contribution in [2.24, 2.45) is 0 Å². The van der Waals surface area contributed by atoms with E-state index in [9.17, 15) is 18.1 Å². The van der Waals surface area contributed by atoms with Gasteiger partial charge >= 0.3 is 29.6 Å². The van der Waals surface area contributed by atoms with E-state index < -0.39 is 15.4 Å². The maximum atomic E-state index is 11.5. The van der Waals surface area contributed by atoms with E-state index in [0.29, 0.717) is 25.7 Å². The molecule has 0 aliphatic rings. The summed E-state index contributed by atoms with van der Waals surface area (Å²) >= 11 is 0. The summed E-state index contributed by atoms with van der Waals surface area (Å²) in [6, 6.07) is 0.